The number of aliphatic hydroxyl groups is 1. The van der Waals surface area contributed by atoms with Crippen molar-refractivity contribution in [2.24, 2.45) is 12.8 Å². The Bertz CT molecular complexity index is 1170. The highest BCUT2D eigenvalue weighted by Gasteiger charge is 2.59. The molecule has 10 heteroatoms. The lowest BCUT2D eigenvalue weighted by atomic mass is 9.77. The third kappa shape index (κ3) is 3.30. The zero-order valence-electron chi connectivity index (χ0n) is 15.2. The molecule has 1 heterocycles. The number of aromatic nitrogens is 1. The average Bonchev–Trinajstić information content (AvgIpc) is 2.93. The lowest BCUT2D eigenvalue weighted by Gasteiger charge is -2.37. The molecule has 29 heavy (non-hydrogen) atoms. The largest absolute Gasteiger partial charge is 0.422 e. The van der Waals surface area contributed by atoms with Crippen molar-refractivity contribution in [3.05, 3.63) is 68.7 Å². The number of hydrogen-bond donors (Lipinski definition) is 2. The van der Waals surface area contributed by atoms with Crippen LogP contribution in [0.15, 0.2) is 45.6 Å². The molecule has 2 atom stereocenters. The molecule has 0 bridgehead atoms. The SMILES string of the molecule is CC(c1ccc(C(N)=O)cc1Cl)C(O)(c1ccc2oc(=O)n(C)c2c1)C(F)(F)F. The standard InChI is InChI=1S/C19H16ClF3N2O4/c1-9(12-5-3-10(16(24)26)7-13(12)20)18(28,19(21,22)23)11-4-6-15-14(8-11)25(2)17(27)29-15/h3-9,28H,1-2H3,(H2,24,26). The highest BCUT2D eigenvalue weighted by molar-refractivity contribution is 6.31. The Balaban J connectivity index is 2.21. The third-order valence-corrected chi connectivity index (χ3v) is 5.37. The Kier molecular flexibility index (Phi) is 5.00. The number of amides is 1. The van der Waals surface area contributed by atoms with Crippen molar-refractivity contribution in [2.45, 2.75) is 24.6 Å². The first-order valence-electron chi connectivity index (χ1n) is 8.36. The summed E-state index contributed by atoms with van der Waals surface area (Å²) in [5.74, 6) is -3.09. The molecular weight excluding hydrogens is 413 g/mol. The van der Waals surface area contributed by atoms with Crippen LogP contribution in [0.5, 0.6) is 0 Å². The highest BCUT2D eigenvalue weighted by Crippen LogP contribution is 2.50. The second-order valence-corrected chi connectivity index (χ2v) is 7.10. The number of hydrogen-bond acceptors (Lipinski definition) is 4. The van der Waals surface area contributed by atoms with Crippen molar-refractivity contribution < 1.29 is 27.5 Å². The molecular formula is C19H16ClF3N2O4. The smallest absolute Gasteiger partial charge is 0.408 e. The van der Waals surface area contributed by atoms with Gasteiger partial charge in [0, 0.05) is 23.6 Å². The van der Waals surface area contributed by atoms with Crippen LogP contribution in [0.25, 0.3) is 11.1 Å². The number of carbonyl (C=O) groups is 1. The van der Waals surface area contributed by atoms with Crippen molar-refractivity contribution in [1.82, 2.24) is 4.57 Å². The number of primary amides is 1. The molecule has 0 fully saturated rings. The lowest BCUT2D eigenvalue weighted by molar-refractivity contribution is -0.274. The summed E-state index contributed by atoms with van der Waals surface area (Å²) in [6, 6.07) is 6.88. The minimum Gasteiger partial charge on any atom is -0.408 e. The van der Waals surface area contributed by atoms with Gasteiger partial charge in [0.05, 0.1) is 5.52 Å². The Labute approximate surface area is 167 Å². The summed E-state index contributed by atoms with van der Waals surface area (Å²) in [4.78, 5) is 22.9. The van der Waals surface area contributed by atoms with Gasteiger partial charge in [-0.1, -0.05) is 30.7 Å². The van der Waals surface area contributed by atoms with Crippen LogP contribution in [0, 0.1) is 0 Å². The van der Waals surface area contributed by atoms with Gasteiger partial charge in [-0.2, -0.15) is 13.2 Å². The molecule has 2 aromatic carbocycles. The van der Waals surface area contributed by atoms with E-state index in [2.05, 4.69) is 0 Å². The van der Waals surface area contributed by atoms with Gasteiger partial charge in [-0.25, -0.2) is 4.79 Å². The topological polar surface area (TPSA) is 98.5 Å². The summed E-state index contributed by atoms with van der Waals surface area (Å²) in [5.41, 5.74) is 1.50. The maximum atomic E-state index is 14.1. The molecule has 3 rings (SSSR count). The van der Waals surface area contributed by atoms with E-state index in [1.807, 2.05) is 0 Å². The maximum Gasteiger partial charge on any atom is 0.422 e. The quantitative estimate of drug-likeness (QED) is 0.665. The summed E-state index contributed by atoms with van der Waals surface area (Å²) in [6.07, 6.45) is -5.09. The minimum atomic E-state index is -5.09. The van der Waals surface area contributed by atoms with Crippen LogP contribution in [0.3, 0.4) is 0 Å². The van der Waals surface area contributed by atoms with E-state index in [4.69, 9.17) is 21.8 Å². The summed E-state index contributed by atoms with van der Waals surface area (Å²) >= 11 is 6.09. The number of nitrogens with zero attached hydrogens (tertiary/aromatic N) is 1. The Morgan fingerprint density at radius 2 is 1.90 bits per heavy atom. The number of rotatable bonds is 4. The van der Waals surface area contributed by atoms with E-state index >= 15 is 0 Å². The maximum absolute atomic E-state index is 14.1. The third-order valence-electron chi connectivity index (χ3n) is 5.04. The summed E-state index contributed by atoms with van der Waals surface area (Å²) in [6.45, 7) is 1.16. The van der Waals surface area contributed by atoms with Gasteiger partial charge in [0.1, 0.15) is 0 Å². The van der Waals surface area contributed by atoms with Crippen LogP contribution >= 0.6 is 11.6 Å². The number of halogens is 4. The van der Waals surface area contributed by atoms with Crippen LogP contribution in [0.4, 0.5) is 13.2 Å². The first-order chi connectivity index (χ1) is 13.4. The van der Waals surface area contributed by atoms with Crippen LogP contribution in [-0.4, -0.2) is 21.8 Å². The Morgan fingerprint density at radius 1 is 1.24 bits per heavy atom. The van der Waals surface area contributed by atoms with Gasteiger partial charge in [0.2, 0.25) is 5.91 Å². The molecule has 0 saturated heterocycles. The number of nitrogens with two attached hydrogens (primary N) is 1. The van der Waals surface area contributed by atoms with E-state index in [1.165, 1.54) is 25.2 Å². The number of fused-ring (bicyclic) bond motifs is 1. The molecule has 0 aliphatic carbocycles. The second-order valence-electron chi connectivity index (χ2n) is 6.70. The van der Waals surface area contributed by atoms with Crippen LogP contribution < -0.4 is 11.5 Å². The van der Waals surface area contributed by atoms with Crippen LogP contribution in [-0.2, 0) is 12.6 Å². The van der Waals surface area contributed by atoms with E-state index in [1.54, 1.807) is 0 Å². The molecule has 0 spiro atoms. The predicted octanol–water partition coefficient (Wildman–Crippen LogP) is 3.44. The molecule has 1 amide bonds. The van der Waals surface area contributed by atoms with E-state index < -0.39 is 34.9 Å². The number of carbonyl (C=O) groups excluding carboxylic acids is 1. The zero-order chi connectivity index (χ0) is 21.7. The van der Waals surface area contributed by atoms with Crippen LogP contribution in [0.1, 0.15) is 34.3 Å². The normalized spacial score (nSPS) is 15.3. The summed E-state index contributed by atoms with van der Waals surface area (Å²) in [7, 11) is 1.34. The molecule has 1 aromatic heterocycles. The fourth-order valence-corrected chi connectivity index (χ4v) is 3.62. The number of aryl methyl sites for hydroxylation is 1. The van der Waals surface area contributed by atoms with E-state index in [0.717, 1.165) is 29.7 Å². The van der Waals surface area contributed by atoms with E-state index in [9.17, 15) is 27.9 Å². The van der Waals surface area contributed by atoms with E-state index in [0.29, 0.717) is 0 Å². The number of benzene rings is 2. The zero-order valence-corrected chi connectivity index (χ0v) is 16.0. The molecule has 6 nitrogen and oxygen atoms in total. The van der Waals surface area contributed by atoms with Gasteiger partial charge in [0.15, 0.2) is 11.2 Å². The fourth-order valence-electron chi connectivity index (χ4n) is 3.28. The average molecular weight is 429 g/mol. The Hall–Kier alpha value is -2.78. The van der Waals surface area contributed by atoms with Crippen molar-refractivity contribution in [3.8, 4) is 0 Å². The fraction of sp³-hybridized carbons (Fsp3) is 0.263. The second kappa shape index (κ2) is 6.93. The lowest BCUT2D eigenvalue weighted by Crippen LogP contribution is -2.46. The van der Waals surface area contributed by atoms with Gasteiger partial charge < -0.3 is 15.3 Å². The van der Waals surface area contributed by atoms with Gasteiger partial charge >= 0.3 is 11.9 Å². The minimum absolute atomic E-state index is 0.0244. The predicted molar refractivity (Wildman–Crippen MR) is 99.8 cm³/mol. The van der Waals surface area contributed by atoms with Gasteiger partial charge in [0.25, 0.3) is 0 Å². The van der Waals surface area contributed by atoms with Crippen molar-refractivity contribution >= 4 is 28.6 Å². The van der Waals surface area contributed by atoms with Gasteiger partial charge in [-0.15, -0.1) is 0 Å². The molecule has 0 aliphatic rings. The molecule has 154 valence electrons. The molecule has 0 saturated carbocycles. The molecule has 2 unspecified atom stereocenters. The summed E-state index contributed by atoms with van der Waals surface area (Å²) < 4.78 is 48.3. The Morgan fingerprint density at radius 3 is 2.45 bits per heavy atom. The van der Waals surface area contributed by atoms with Gasteiger partial charge in [-0.05, 0) is 35.4 Å². The van der Waals surface area contributed by atoms with Crippen LogP contribution in [0.2, 0.25) is 5.02 Å². The van der Waals surface area contributed by atoms with E-state index in [-0.39, 0.29) is 27.2 Å². The van der Waals surface area contributed by atoms with Gasteiger partial charge in [-0.3, -0.25) is 9.36 Å². The first kappa shape index (κ1) is 20.9. The molecule has 0 radical (unpaired) electrons. The highest BCUT2D eigenvalue weighted by atomic mass is 35.5. The molecule has 3 aromatic rings. The number of oxazole rings is 1. The summed E-state index contributed by atoms with van der Waals surface area (Å²) in [5, 5.41) is 10.8. The first-order valence-corrected chi connectivity index (χ1v) is 8.74. The molecule has 0 aliphatic heterocycles. The monoisotopic (exact) mass is 428 g/mol. The van der Waals surface area contributed by atoms with Crippen molar-refractivity contribution in [2.75, 3.05) is 0 Å². The molecule has 3 N–H and O–H groups in total. The number of alkyl halides is 3. The van der Waals surface area contributed by atoms with Crippen molar-refractivity contribution in [3.63, 3.8) is 0 Å². The van der Waals surface area contributed by atoms with Crippen molar-refractivity contribution in [1.29, 1.82) is 0 Å².